The fourth-order valence-corrected chi connectivity index (χ4v) is 2.63. The molecule has 0 saturated carbocycles. The van der Waals surface area contributed by atoms with Crippen LogP contribution in [0.15, 0.2) is 0 Å². The summed E-state index contributed by atoms with van der Waals surface area (Å²) in [5, 5.41) is 8.97. The molecule has 1 heterocycles. The number of hydrogen-bond acceptors (Lipinski definition) is 4. The summed E-state index contributed by atoms with van der Waals surface area (Å²) in [5.74, 6) is 0.523. The molecule has 1 fully saturated rings. The van der Waals surface area contributed by atoms with Crippen molar-refractivity contribution in [1.29, 1.82) is 0 Å². The predicted molar refractivity (Wildman–Crippen MR) is 84.3 cm³/mol. The van der Waals surface area contributed by atoms with Gasteiger partial charge in [-0.2, -0.15) is 0 Å². The SMILES string of the molecule is CC(C)N(CC1CCN(CCO)CC1)C(=O)OC(C)(C)C. The summed E-state index contributed by atoms with van der Waals surface area (Å²) in [4.78, 5) is 16.4. The Kier molecular flexibility index (Phi) is 6.94. The van der Waals surface area contributed by atoms with E-state index < -0.39 is 5.60 Å². The molecule has 0 unspecified atom stereocenters. The van der Waals surface area contributed by atoms with E-state index in [9.17, 15) is 4.79 Å². The standard InChI is InChI=1S/C16H32N2O3/c1-13(2)18(15(20)21-16(3,4)5)12-14-6-8-17(9-7-14)10-11-19/h13-14,19H,6-12H2,1-5H3. The minimum atomic E-state index is -0.450. The van der Waals surface area contributed by atoms with Gasteiger partial charge in [0.2, 0.25) is 0 Å². The third-order valence-electron chi connectivity index (χ3n) is 3.83. The topological polar surface area (TPSA) is 53.0 Å². The Morgan fingerprint density at radius 2 is 1.90 bits per heavy atom. The Morgan fingerprint density at radius 1 is 1.33 bits per heavy atom. The molecule has 0 bridgehead atoms. The van der Waals surface area contributed by atoms with Gasteiger partial charge in [0.05, 0.1) is 6.61 Å². The summed E-state index contributed by atoms with van der Waals surface area (Å²) in [6.07, 6.45) is 1.94. The highest BCUT2D eigenvalue weighted by atomic mass is 16.6. The second-order valence-electron chi connectivity index (χ2n) is 7.24. The van der Waals surface area contributed by atoms with E-state index in [2.05, 4.69) is 4.90 Å². The van der Waals surface area contributed by atoms with Crippen molar-refractivity contribution in [3.8, 4) is 0 Å². The zero-order valence-electron chi connectivity index (χ0n) is 14.3. The molecule has 0 aromatic heterocycles. The zero-order chi connectivity index (χ0) is 16.0. The molecule has 1 aliphatic heterocycles. The number of aliphatic hydroxyl groups is 1. The number of amides is 1. The summed E-state index contributed by atoms with van der Waals surface area (Å²) in [7, 11) is 0. The number of likely N-dealkylation sites (tertiary alicyclic amines) is 1. The molecule has 5 heteroatoms. The highest BCUT2D eigenvalue weighted by Gasteiger charge is 2.28. The van der Waals surface area contributed by atoms with Crippen LogP contribution in [0.1, 0.15) is 47.5 Å². The first-order valence-corrected chi connectivity index (χ1v) is 8.05. The second-order valence-corrected chi connectivity index (χ2v) is 7.24. The lowest BCUT2D eigenvalue weighted by molar-refractivity contribution is 0.0126. The summed E-state index contributed by atoms with van der Waals surface area (Å²) < 4.78 is 5.51. The van der Waals surface area contributed by atoms with E-state index >= 15 is 0 Å². The number of carbonyl (C=O) groups is 1. The molecule has 0 aliphatic carbocycles. The highest BCUT2D eigenvalue weighted by molar-refractivity contribution is 5.68. The van der Waals surface area contributed by atoms with Crippen molar-refractivity contribution in [3.05, 3.63) is 0 Å². The Labute approximate surface area is 129 Å². The van der Waals surface area contributed by atoms with E-state index in [1.807, 2.05) is 39.5 Å². The van der Waals surface area contributed by atoms with Gasteiger partial charge in [-0.15, -0.1) is 0 Å². The Hall–Kier alpha value is -0.810. The third-order valence-corrected chi connectivity index (χ3v) is 3.83. The van der Waals surface area contributed by atoms with Crippen molar-refractivity contribution in [2.75, 3.05) is 32.8 Å². The van der Waals surface area contributed by atoms with E-state index in [1.165, 1.54) is 0 Å². The summed E-state index contributed by atoms with van der Waals surface area (Å²) in [5.41, 5.74) is -0.450. The minimum Gasteiger partial charge on any atom is -0.444 e. The van der Waals surface area contributed by atoms with Gasteiger partial charge in [-0.25, -0.2) is 4.79 Å². The van der Waals surface area contributed by atoms with Crippen molar-refractivity contribution in [1.82, 2.24) is 9.80 Å². The van der Waals surface area contributed by atoms with Gasteiger partial charge in [0.1, 0.15) is 5.60 Å². The molecule has 1 N–H and O–H groups in total. The molecular formula is C16H32N2O3. The molecule has 0 aromatic rings. The first-order chi connectivity index (χ1) is 9.73. The quantitative estimate of drug-likeness (QED) is 0.847. The number of nitrogens with zero attached hydrogens (tertiary/aromatic N) is 2. The average molecular weight is 300 g/mol. The zero-order valence-corrected chi connectivity index (χ0v) is 14.3. The number of carbonyl (C=O) groups excluding carboxylic acids is 1. The lowest BCUT2D eigenvalue weighted by Gasteiger charge is -2.36. The van der Waals surface area contributed by atoms with Crippen LogP contribution in [0.2, 0.25) is 0 Å². The van der Waals surface area contributed by atoms with Crippen LogP contribution in [0.25, 0.3) is 0 Å². The molecule has 1 aliphatic rings. The van der Waals surface area contributed by atoms with Gasteiger partial charge in [0, 0.05) is 19.1 Å². The van der Waals surface area contributed by atoms with E-state index in [0.29, 0.717) is 5.92 Å². The van der Waals surface area contributed by atoms with E-state index in [0.717, 1.165) is 39.0 Å². The predicted octanol–water partition coefficient (Wildman–Crippen LogP) is 2.34. The van der Waals surface area contributed by atoms with Gasteiger partial charge in [0.15, 0.2) is 0 Å². The monoisotopic (exact) mass is 300 g/mol. The average Bonchev–Trinajstić information content (AvgIpc) is 2.35. The normalized spacial score (nSPS) is 18.0. The first-order valence-electron chi connectivity index (χ1n) is 8.05. The number of rotatable bonds is 5. The summed E-state index contributed by atoms with van der Waals surface area (Å²) in [6, 6.07) is 0.148. The number of β-amino-alcohol motifs (C(OH)–C–C–N with tert-alkyl or cyclic N) is 1. The van der Waals surface area contributed by atoms with Gasteiger partial charge in [-0.05, 0) is 66.5 Å². The van der Waals surface area contributed by atoms with E-state index in [-0.39, 0.29) is 18.7 Å². The van der Waals surface area contributed by atoms with Crippen LogP contribution in [0.4, 0.5) is 4.79 Å². The Morgan fingerprint density at radius 3 is 2.33 bits per heavy atom. The number of ether oxygens (including phenoxy) is 1. The van der Waals surface area contributed by atoms with E-state index in [1.54, 1.807) is 0 Å². The van der Waals surface area contributed by atoms with Gasteiger partial charge < -0.3 is 19.6 Å². The van der Waals surface area contributed by atoms with Crippen LogP contribution in [0, 0.1) is 5.92 Å². The Balaban J connectivity index is 2.50. The molecule has 124 valence electrons. The molecule has 0 atom stereocenters. The summed E-state index contributed by atoms with van der Waals surface area (Å²) >= 11 is 0. The van der Waals surface area contributed by atoms with Crippen LogP contribution < -0.4 is 0 Å². The van der Waals surface area contributed by atoms with Gasteiger partial charge in [0.25, 0.3) is 0 Å². The van der Waals surface area contributed by atoms with Crippen LogP contribution in [0.5, 0.6) is 0 Å². The summed E-state index contributed by atoms with van der Waals surface area (Å²) in [6.45, 7) is 13.5. The Bertz CT molecular complexity index is 318. The molecule has 0 radical (unpaired) electrons. The lowest BCUT2D eigenvalue weighted by atomic mass is 9.96. The van der Waals surface area contributed by atoms with Crippen LogP contribution >= 0.6 is 0 Å². The lowest BCUT2D eigenvalue weighted by Crippen LogP contribution is -2.46. The van der Waals surface area contributed by atoms with Crippen LogP contribution in [-0.4, -0.2) is 65.4 Å². The maximum atomic E-state index is 12.3. The number of aliphatic hydroxyl groups excluding tert-OH is 1. The molecule has 1 saturated heterocycles. The maximum absolute atomic E-state index is 12.3. The van der Waals surface area contributed by atoms with Crippen molar-refractivity contribution >= 4 is 6.09 Å². The van der Waals surface area contributed by atoms with Crippen molar-refractivity contribution < 1.29 is 14.6 Å². The van der Waals surface area contributed by atoms with Gasteiger partial charge in [-0.1, -0.05) is 0 Å². The number of piperidine rings is 1. The van der Waals surface area contributed by atoms with E-state index in [4.69, 9.17) is 9.84 Å². The fraction of sp³-hybridized carbons (Fsp3) is 0.938. The van der Waals surface area contributed by atoms with Crippen molar-refractivity contribution in [2.24, 2.45) is 5.92 Å². The van der Waals surface area contributed by atoms with Crippen LogP contribution in [-0.2, 0) is 4.74 Å². The fourth-order valence-electron chi connectivity index (χ4n) is 2.63. The minimum absolute atomic E-state index is 0.148. The van der Waals surface area contributed by atoms with Crippen molar-refractivity contribution in [3.63, 3.8) is 0 Å². The molecule has 5 nitrogen and oxygen atoms in total. The highest BCUT2D eigenvalue weighted by Crippen LogP contribution is 2.21. The number of hydrogen-bond donors (Lipinski definition) is 1. The first kappa shape index (κ1) is 18.2. The van der Waals surface area contributed by atoms with Crippen LogP contribution in [0.3, 0.4) is 0 Å². The molecule has 0 aromatic carbocycles. The van der Waals surface area contributed by atoms with Crippen molar-refractivity contribution in [2.45, 2.75) is 59.1 Å². The van der Waals surface area contributed by atoms with Gasteiger partial charge >= 0.3 is 6.09 Å². The maximum Gasteiger partial charge on any atom is 0.410 e. The molecule has 1 rings (SSSR count). The molecule has 0 spiro atoms. The molecular weight excluding hydrogens is 268 g/mol. The smallest absolute Gasteiger partial charge is 0.410 e. The molecule has 1 amide bonds. The third kappa shape index (κ3) is 6.66. The largest absolute Gasteiger partial charge is 0.444 e. The molecule has 21 heavy (non-hydrogen) atoms. The van der Waals surface area contributed by atoms with Gasteiger partial charge in [-0.3, -0.25) is 0 Å². The second kappa shape index (κ2) is 7.99.